The first-order chi connectivity index (χ1) is 9.41. The van der Waals surface area contributed by atoms with Gasteiger partial charge in [0.05, 0.1) is 18.4 Å². The highest BCUT2D eigenvalue weighted by Crippen LogP contribution is 2.27. The Morgan fingerprint density at radius 3 is 2.65 bits per heavy atom. The monoisotopic (exact) mass is 282 g/mol. The van der Waals surface area contributed by atoms with Gasteiger partial charge in [-0.3, -0.25) is 0 Å². The number of benzene rings is 1. The first-order valence-electron chi connectivity index (χ1n) is 6.13. The highest BCUT2D eigenvalue weighted by atomic mass is 16.5. The number of ether oxygens (including phenoxy) is 1. The Morgan fingerprint density at radius 1 is 1.35 bits per heavy atom. The lowest BCUT2D eigenvalue weighted by Gasteiger charge is -2.11. The standard InChI is InChI=1S/C13H18N2O5/c1-8(2)20-7-6-14-13(19)15-10-5-3-4-9(11(10)16)12(17)18/h3-5,8,16H,6-7H2,1-2H3,(H,17,18)(H2,14,15,19). The number of hydrogen-bond donors (Lipinski definition) is 4. The summed E-state index contributed by atoms with van der Waals surface area (Å²) in [7, 11) is 0. The van der Waals surface area contributed by atoms with Gasteiger partial charge < -0.3 is 25.6 Å². The Morgan fingerprint density at radius 2 is 2.05 bits per heavy atom. The summed E-state index contributed by atoms with van der Waals surface area (Å²) in [5.74, 6) is -1.74. The molecule has 0 aliphatic rings. The number of urea groups is 1. The van der Waals surface area contributed by atoms with Crippen molar-refractivity contribution >= 4 is 17.7 Å². The molecule has 0 saturated heterocycles. The molecule has 0 atom stereocenters. The topological polar surface area (TPSA) is 108 Å². The molecule has 1 rings (SSSR count). The van der Waals surface area contributed by atoms with Gasteiger partial charge in [-0.05, 0) is 26.0 Å². The van der Waals surface area contributed by atoms with Crippen LogP contribution in [0.5, 0.6) is 5.75 Å². The maximum absolute atomic E-state index is 11.6. The minimum absolute atomic E-state index is 0.0344. The lowest BCUT2D eigenvalue weighted by molar-refractivity contribution is 0.0693. The lowest BCUT2D eigenvalue weighted by atomic mass is 10.2. The minimum Gasteiger partial charge on any atom is -0.505 e. The zero-order valence-electron chi connectivity index (χ0n) is 11.3. The van der Waals surface area contributed by atoms with Crippen molar-refractivity contribution in [1.82, 2.24) is 5.32 Å². The maximum Gasteiger partial charge on any atom is 0.339 e. The summed E-state index contributed by atoms with van der Waals surface area (Å²) in [5, 5.41) is 23.5. The van der Waals surface area contributed by atoms with Gasteiger partial charge in [-0.1, -0.05) is 6.07 Å². The van der Waals surface area contributed by atoms with Crippen LogP contribution in [0.1, 0.15) is 24.2 Å². The van der Waals surface area contributed by atoms with E-state index in [0.29, 0.717) is 13.2 Å². The number of rotatable bonds is 6. The Balaban J connectivity index is 2.54. The fourth-order valence-electron chi connectivity index (χ4n) is 1.44. The minimum atomic E-state index is -1.27. The molecule has 0 unspecified atom stereocenters. The van der Waals surface area contributed by atoms with Crippen LogP contribution in [0.4, 0.5) is 10.5 Å². The van der Waals surface area contributed by atoms with E-state index in [1.165, 1.54) is 18.2 Å². The summed E-state index contributed by atoms with van der Waals surface area (Å²) < 4.78 is 5.25. The Labute approximate surface area is 116 Å². The summed E-state index contributed by atoms with van der Waals surface area (Å²) in [6, 6.07) is 3.54. The van der Waals surface area contributed by atoms with E-state index < -0.39 is 17.7 Å². The second-order valence-electron chi connectivity index (χ2n) is 4.31. The normalized spacial score (nSPS) is 10.3. The predicted molar refractivity (Wildman–Crippen MR) is 73.2 cm³/mol. The average molecular weight is 282 g/mol. The first kappa shape index (κ1) is 15.8. The molecule has 0 radical (unpaired) electrons. The van der Waals surface area contributed by atoms with Gasteiger partial charge in [-0.15, -0.1) is 0 Å². The van der Waals surface area contributed by atoms with E-state index in [1.807, 2.05) is 13.8 Å². The van der Waals surface area contributed by atoms with Crippen molar-refractivity contribution in [3.8, 4) is 5.75 Å². The summed E-state index contributed by atoms with van der Waals surface area (Å²) in [6.45, 7) is 4.45. The largest absolute Gasteiger partial charge is 0.505 e. The number of amides is 2. The van der Waals surface area contributed by atoms with Gasteiger partial charge in [0.15, 0.2) is 5.75 Å². The SMILES string of the molecule is CC(C)OCCNC(=O)Nc1cccc(C(=O)O)c1O. The van der Waals surface area contributed by atoms with E-state index in [0.717, 1.165) is 0 Å². The molecule has 1 aromatic rings. The van der Waals surface area contributed by atoms with Gasteiger partial charge in [0.25, 0.3) is 0 Å². The number of para-hydroxylation sites is 1. The molecule has 2 amide bonds. The number of aromatic carboxylic acids is 1. The average Bonchev–Trinajstić information content (AvgIpc) is 2.36. The highest BCUT2D eigenvalue weighted by molar-refractivity contribution is 5.97. The van der Waals surface area contributed by atoms with Crippen molar-refractivity contribution in [2.75, 3.05) is 18.5 Å². The van der Waals surface area contributed by atoms with Crippen molar-refractivity contribution in [2.24, 2.45) is 0 Å². The van der Waals surface area contributed by atoms with E-state index in [9.17, 15) is 14.7 Å². The Bertz CT molecular complexity index is 488. The van der Waals surface area contributed by atoms with Gasteiger partial charge in [-0.2, -0.15) is 0 Å². The van der Waals surface area contributed by atoms with Crippen LogP contribution in [-0.4, -0.2) is 41.5 Å². The number of phenols is 1. The molecule has 0 bridgehead atoms. The molecule has 4 N–H and O–H groups in total. The fraction of sp³-hybridized carbons (Fsp3) is 0.385. The number of aromatic hydroxyl groups is 1. The molecular formula is C13H18N2O5. The van der Waals surface area contributed by atoms with Crippen LogP contribution in [0.15, 0.2) is 18.2 Å². The molecule has 0 fully saturated rings. The summed E-state index contributed by atoms with van der Waals surface area (Å²) in [5.41, 5.74) is -0.238. The maximum atomic E-state index is 11.6. The van der Waals surface area contributed by atoms with E-state index in [1.54, 1.807) is 0 Å². The molecule has 0 spiro atoms. The summed E-state index contributed by atoms with van der Waals surface area (Å²) >= 11 is 0. The van der Waals surface area contributed by atoms with Crippen LogP contribution in [0, 0.1) is 0 Å². The summed E-state index contributed by atoms with van der Waals surface area (Å²) in [4.78, 5) is 22.4. The van der Waals surface area contributed by atoms with Crippen molar-refractivity contribution in [3.05, 3.63) is 23.8 Å². The third-order valence-electron chi connectivity index (χ3n) is 2.35. The Kier molecular flexibility index (Phi) is 5.79. The zero-order chi connectivity index (χ0) is 15.1. The number of carbonyl (C=O) groups is 2. The molecule has 7 heteroatoms. The highest BCUT2D eigenvalue weighted by Gasteiger charge is 2.14. The van der Waals surface area contributed by atoms with E-state index >= 15 is 0 Å². The van der Waals surface area contributed by atoms with Crippen LogP contribution in [0.3, 0.4) is 0 Å². The number of nitrogens with one attached hydrogen (secondary N) is 2. The fourth-order valence-corrected chi connectivity index (χ4v) is 1.44. The van der Waals surface area contributed by atoms with Crippen LogP contribution in [0.25, 0.3) is 0 Å². The van der Waals surface area contributed by atoms with Crippen LogP contribution in [-0.2, 0) is 4.74 Å². The second-order valence-corrected chi connectivity index (χ2v) is 4.31. The molecule has 0 aliphatic heterocycles. The smallest absolute Gasteiger partial charge is 0.339 e. The van der Waals surface area contributed by atoms with E-state index in [2.05, 4.69) is 10.6 Å². The van der Waals surface area contributed by atoms with Crippen molar-refractivity contribution in [2.45, 2.75) is 20.0 Å². The first-order valence-corrected chi connectivity index (χ1v) is 6.13. The van der Waals surface area contributed by atoms with Crippen LogP contribution in [0.2, 0.25) is 0 Å². The van der Waals surface area contributed by atoms with Gasteiger partial charge in [-0.25, -0.2) is 9.59 Å². The molecule has 1 aromatic carbocycles. The number of carboxylic acid groups (broad SMARTS) is 1. The number of carboxylic acids is 1. The Hall–Kier alpha value is -2.28. The molecule has 20 heavy (non-hydrogen) atoms. The lowest BCUT2D eigenvalue weighted by Crippen LogP contribution is -2.32. The van der Waals surface area contributed by atoms with Gasteiger partial charge >= 0.3 is 12.0 Å². The van der Waals surface area contributed by atoms with Gasteiger partial charge in [0, 0.05) is 6.54 Å². The number of anilines is 1. The van der Waals surface area contributed by atoms with Crippen molar-refractivity contribution in [1.29, 1.82) is 0 Å². The molecule has 0 saturated carbocycles. The van der Waals surface area contributed by atoms with E-state index in [-0.39, 0.29) is 17.4 Å². The van der Waals surface area contributed by atoms with Gasteiger partial charge in [0.1, 0.15) is 5.56 Å². The second kappa shape index (κ2) is 7.34. The molecular weight excluding hydrogens is 264 g/mol. The van der Waals surface area contributed by atoms with Crippen molar-refractivity contribution in [3.63, 3.8) is 0 Å². The zero-order valence-corrected chi connectivity index (χ0v) is 11.3. The van der Waals surface area contributed by atoms with E-state index in [4.69, 9.17) is 9.84 Å². The third kappa shape index (κ3) is 4.77. The predicted octanol–water partition coefficient (Wildman–Crippen LogP) is 1.64. The summed E-state index contributed by atoms with van der Waals surface area (Å²) in [6.07, 6.45) is 0.0798. The molecule has 0 heterocycles. The number of hydrogen-bond acceptors (Lipinski definition) is 4. The third-order valence-corrected chi connectivity index (χ3v) is 2.35. The van der Waals surface area contributed by atoms with Crippen LogP contribution < -0.4 is 10.6 Å². The van der Waals surface area contributed by atoms with Crippen LogP contribution >= 0.6 is 0 Å². The number of carbonyl (C=O) groups excluding carboxylic acids is 1. The molecule has 7 nitrogen and oxygen atoms in total. The molecule has 110 valence electrons. The molecule has 0 aromatic heterocycles. The van der Waals surface area contributed by atoms with Gasteiger partial charge in [0.2, 0.25) is 0 Å². The quantitative estimate of drug-likeness (QED) is 0.468. The van der Waals surface area contributed by atoms with Crippen molar-refractivity contribution < 1.29 is 24.5 Å². The molecule has 0 aliphatic carbocycles.